The molecule has 0 aliphatic carbocycles. The Bertz CT molecular complexity index is 482. The smallest absolute Gasteiger partial charge is 0.317 e. The van der Waals surface area contributed by atoms with Gasteiger partial charge in [0.25, 0.3) is 0 Å². The highest BCUT2D eigenvalue weighted by molar-refractivity contribution is 5.73. The summed E-state index contributed by atoms with van der Waals surface area (Å²) < 4.78 is 0. The van der Waals surface area contributed by atoms with Crippen LogP contribution in [0.4, 0.5) is 4.79 Å². The van der Waals surface area contributed by atoms with Gasteiger partial charge in [-0.25, -0.2) is 4.79 Å². The molecule has 0 unspecified atom stereocenters. The first kappa shape index (κ1) is 20.5. The lowest BCUT2D eigenvalue weighted by molar-refractivity contribution is 0.206. The first-order valence-electron chi connectivity index (χ1n) is 9.09. The van der Waals surface area contributed by atoms with E-state index in [0.717, 1.165) is 31.5 Å². The highest BCUT2D eigenvalue weighted by Crippen LogP contribution is 2.15. The summed E-state index contributed by atoms with van der Waals surface area (Å²) in [5, 5.41) is 3.00. The fourth-order valence-electron chi connectivity index (χ4n) is 2.43. The van der Waals surface area contributed by atoms with Gasteiger partial charge < -0.3 is 15.1 Å². The number of nitrogens with zero attached hydrogens (tertiary/aromatic N) is 2. The summed E-state index contributed by atoms with van der Waals surface area (Å²) in [6.07, 6.45) is 2.12. The molecular formula is C20H35N3O. The Morgan fingerprint density at radius 3 is 2.21 bits per heavy atom. The maximum Gasteiger partial charge on any atom is 0.317 e. The lowest BCUT2D eigenvalue weighted by atomic mass is 10.0. The minimum atomic E-state index is 0.000139. The van der Waals surface area contributed by atoms with E-state index in [0.29, 0.717) is 18.5 Å². The first-order chi connectivity index (χ1) is 11.3. The number of rotatable bonds is 9. The second-order valence-corrected chi connectivity index (χ2v) is 7.27. The largest absolute Gasteiger partial charge is 0.338 e. The average Bonchev–Trinajstić information content (AvgIpc) is 2.54. The maximum atomic E-state index is 12.1. The third-order valence-electron chi connectivity index (χ3n) is 4.51. The second-order valence-electron chi connectivity index (χ2n) is 7.27. The summed E-state index contributed by atoms with van der Waals surface area (Å²) in [5.41, 5.74) is 2.49. The summed E-state index contributed by atoms with van der Waals surface area (Å²) in [6.45, 7) is 11.2. The molecule has 0 fully saturated rings. The molecule has 1 rings (SSSR count). The predicted octanol–water partition coefficient (Wildman–Crippen LogP) is 4.07. The van der Waals surface area contributed by atoms with E-state index in [-0.39, 0.29) is 6.03 Å². The quantitative estimate of drug-likeness (QED) is 0.691. The molecule has 0 aliphatic heterocycles. The van der Waals surface area contributed by atoms with Crippen LogP contribution in [0, 0.1) is 0 Å². The molecule has 2 amide bonds. The van der Waals surface area contributed by atoms with Gasteiger partial charge in [0.1, 0.15) is 0 Å². The molecule has 0 atom stereocenters. The van der Waals surface area contributed by atoms with Crippen molar-refractivity contribution in [1.29, 1.82) is 0 Å². The minimum Gasteiger partial charge on any atom is -0.338 e. The lowest BCUT2D eigenvalue weighted by Gasteiger charge is -2.21. The molecule has 0 aromatic heterocycles. The fourth-order valence-corrected chi connectivity index (χ4v) is 2.43. The topological polar surface area (TPSA) is 35.6 Å². The Balaban J connectivity index is 2.27. The standard InChI is InChI=1S/C20H35N3O/c1-16(2)19-11-9-18(10-12-19)15-23(6)20(24)21-13-7-8-14-22(5)17(3)4/h9-12,16-17H,7-8,13-15H2,1-6H3,(H,21,24). The molecule has 0 spiro atoms. The summed E-state index contributed by atoms with van der Waals surface area (Å²) in [6, 6.07) is 9.10. The number of unbranched alkanes of at least 4 members (excludes halogenated alkanes) is 1. The van der Waals surface area contributed by atoms with Crippen molar-refractivity contribution < 1.29 is 4.79 Å². The van der Waals surface area contributed by atoms with E-state index < -0.39 is 0 Å². The lowest BCUT2D eigenvalue weighted by Crippen LogP contribution is -2.37. The van der Waals surface area contributed by atoms with Crippen LogP contribution in [0.25, 0.3) is 0 Å². The van der Waals surface area contributed by atoms with Crippen LogP contribution in [0.3, 0.4) is 0 Å². The van der Waals surface area contributed by atoms with Gasteiger partial charge >= 0.3 is 6.03 Å². The molecule has 1 N–H and O–H groups in total. The number of benzene rings is 1. The molecule has 0 saturated carbocycles. The van der Waals surface area contributed by atoms with Crippen molar-refractivity contribution in [3.8, 4) is 0 Å². The Hall–Kier alpha value is -1.55. The van der Waals surface area contributed by atoms with Crippen molar-refractivity contribution in [2.24, 2.45) is 0 Å². The van der Waals surface area contributed by atoms with Crippen LogP contribution in [0.5, 0.6) is 0 Å². The van der Waals surface area contributed by atoms with E-state index in [1.165, 1.54) is 5.56 Å². The van der Waals surface area contributed by atoms with Crippen molar-refractivity contribution >= 4 is 6.03 Å². The van der Waals surface area contributed by atoms with Gasteiger partial charge in [-0.1, -0.05) is 38.1 Å². The molecule has 24 heavy (non-hydrogen) atoms. The summed E-state index contributed by atoms with van der Waals surface area (Å²) >= 11 is 0. The van der Waals surface area contributed by atoms with Crippen molar-refractivity contribution in [2.75, 3.05) is 27.2 Å². The second kappa shape index (κ2) is 10.3. The monoisotopic (exact) mass is 333 g/mol. The molecule has 0 bridgehead atoms. The highest BCUT2D eigenvalue weighted by Gasteiger charge is 2.09. The molecule has 4 heteroatoms. The van der Waals surface area contributed by atoms with E-state index in [2.05, 4.69) is 69.2 Å². The maximum absolute atomic E-state index is 12.1. The Labute approximate surface area is 148 Å². The Kier molecular flexibility index (Phi) is 8.83. The van der Waals surface area contributed by atoms with Gasteiger partial charge in [-0.2, -0.15) is 0 Å². The fraction of sp³-hybridized carbons (Fsp3) is 0.650. The zero-order valence-corrected chi connectivity index (χ0v) is 16.3. The van der Waals surface area contributed by atoms with Gasteiger partial charge in [-0.3, -0.25) is 0 Å². The molecular weight excluding hydrogens is 298 g/mol. The van der Waals surface area contributed by atoms with Crippen LogP contribution < -0.4 is 5.32 Å². The van der Waals surface area contributed by atoms with Crippen LogP contribution in [-0.2, 0) is 6.54 Å². The van der Waals surface area contributed by atoms with Gasteiger partial charge in [0.2, 0.25) is 0 Å². The first-order valence-corrected chi connectivity index (χ1v) is 9.09. The zero-order chi connectivity index (χ0) is 18.1. The van der Waals surface area contributed by atoms with E-state index in [1.807, 2.05) is 7.05 Å². The minimum absolute atomic E-state index is 0.000139. The molecule has 0 saturated heterocycles. The summed E-state index contributed by atoms with van der Waals surface area (Å²) in [7, 11) is 3.99. The van der Waals surface area contributed by atoms with E-state index in [4.69, 9.17) is 0 Å². The van der Waals surface area contributed by atoms with Crippen molar-refractivity contribution in [3.63, 3.8) is 0 Å². The van der Waals surface area contributed by atoms with E-state index >= 15 is 0 Å². The van der Waals surface area contributed by atoms with Crippen LogP contribution in [-0.4, -0.2) is 49.1 Å². The number of nitrogens with one attached hydrogen (secondary N) is 1. The average molecular weight is 334 g/mol. The number of hydrogen-bond acceptors (Lipinski definition) is 2. The molecule has 0 aliphatic rings. The highest BCUT2D eigenvalue weighted by atomic mass is 16.2. The van der Waals surface area contributed by atoms with E-state index in [9.17, 15) is 4.79 Å². The zero-order valence-electron chi connectivity index (χ0n) is 16.3. The van der Waals surface area contributed by atoms with Gasteiger partial charge in [-0.15, -0.1) is 0 Å². The number of hydrogen-bond donors (Lipinski definition) is 1. The predicted molar refractivity (Wildman–Crippen MR) is 102 cm³/mol. The number of carbonyl (C=O) groups excluding carboxylic acids is 1. The van der Waals surface area contributed by atoms with Crippen LogP contribution >= 0.6 is 0 Å². The Morgan fingerprint density at radius 2 is 1.67 bits per heavy atom. The SMILES string of the molecule is CC(C)c1ccc(CN(C)C(=O)NCCCCN(C)C(C)C)cc1. The van der Waals surface area contributed by atoms with Gasteiger partial charge in [-0.05, 0) is 57.3 Å². The molecule has 1 aromatic carbocycles. The van der Waals surface area contributed by atoms with Crippen molar-refractivity contribution in [1.82, 2.24) is 15.1 Å². The summed E-state index contributed by atoms with van der Waals surface area (Å²) in [5.74, 6) is 0.537. The number of urea groups is 1. The number of carbonyl (C=O) groups is 1. The van der Waals surface area contributed by atoms with Gasteiger partial charge in [0, 0.05) is 26.2 Å². The van der Waals surface area contributed by atoms with Crippen molar-refractivity contribution in [3.05, 3.63) is 35.4 Å². The van der Waals surface area contributed by atoms with Gasteiger partial charge in [0.15, 0.2) is 0 Å². The third-order valence-corrected chi connectivity index (χ3v) is 4.51. The molecule has 4 nitrogen and oxygen atoms in total. The van der Waals surface area contributed by atoms with Crippen LogP contribution in [0.2, 0.25) is 0 Å². The number of amides is 2. The van der Waals surface area contributed by atoms with E-state index in [1.54, 1.807) is 4.90 Å². The molecule has 1 aromatic rings. The summed E-state index contributed by atoms with van der Waals surface area (Å²) in [4.78, 5) is 16.2. The van der Waals surface area contributed by atoms with Crippen LogP contribution in [0.1, 0.15) is 57.6 Å². The normalized spacial score (nSPS) is 11.4. The third kappa shape index (κ3) is 7.35. The van der Waals surface area contributed by atoms with Crippen LogP contribution in [0.15, 0.2) is 24.3 Å². The molecule has 136 valence electrons. The molecule has 0 heterocycles. The van der Waals surface area contributed by atoms with Crippen molar-refractivity contribution in [2.45, 2.75) is 59.0 Å². The Morgan fingerprint density at radius 1 is 1.04 bits per heavy atom. The molecule has 0 radical (unpaired) electrons. The van der Waals surface area contributed by atoms with Gasteiger partial charge in [0.05, 0.1) is 0 Å².